The Kier molecular flexibility index (Phi) is 4.96. The molecular formula is C16H23BrN6O. The van der Waals surface area contributed by atoms with E-state index in [2.05, 4.69) is 36.5 Å². The van der Waals surface area contributed by atoms with Crippen LogP contribution in [-0.2, 0) is 5.79 Å². The molecule has 6 N–H and O–H groups in total. The molecule has 8 heteroatoms. The minimum Gasteiger partial charge on any atom is -0.481 e. The molecule has 130 valence electrons. The van der Waals surface area contributed by atoms with E-state index in [1.54, 1.807) is 19.5 Å². The van der Waals surface area contributed by atoms with Crippen molar-refractivity contribution in [1.82, 2.24) is 15.6 Å². The lowest BCUT2D eigenvalue weighted by Crippen LogP contribution is -2.55. The summed E-state index contributed by atoms with van der Waals surface area (Å²) >= 11 is 3.42. The van der Waals surface area contributed by atoms with Crippen molar-refractivity contribution in [3.05, 3.63) is 33.8 Å². The van der Waals surface area contributed by atoms with Crippen LogP contribution in [0.1, 0.15) is 37.7 Å². The fourth-order valence-corrected chi connectivity index (χ4v) is 3.43. The van der Waals surface area contributed by atoms with Gasteiger partial charge in [0.1, 0.15) is 5.82 Å². The Labute approximate surface area is 150 Å². The van der Waals surface area contributed by atoms with Gasteiger partial charge in [-0.05, 0) is 34.8 Å². The van der Waals surface area contributed by atoms with E-state index in [0.29, 0.717) is 29.0 Å². The molecule has 3 rings (SSSR count). The first-order valence-corrected chi connectivity index (χ1v) is 8.90. The number of nitrogens with two attached hydrogens (primary N) is 2. The fraction of sp³-hybridized carbons (Fsp3) is 0.500. The highest BCUT2D eigenvalue weighted by Gasteiger charge is 2.35. The average molecular weight is 395 g/mol. The van der Waals surface area contributed by atoms with E-state index in [9.17, 15) is 0 Å². The molecule has 1 unspecified atom stereocenters. The number of methoxy groups -OCH3 is 1. The van der Waals surface area contributed by atoms with E-state index in [1.165, 1.54) is 19.3 Å². The largest absolute Gasteiger partial charge is 0.481 e. The molecule has 1 aliphatic heterocycles. The number of hydrogen-bond donors (Lipinski definition) is 4. The zero-order valence-corrected chi connectivity index (χ0v) is 15.3. The van der Waals surface area contributed by atoms with E-state index in [4.69, 9.17) is 16.2 Å². The number of ether oxygens (including phenoxy) is 1. The summed E-state index contributed by atoms with van der Waals surface area (Å²) in [5.41, 5.74) is 13.8. The summed E-state index contributed by atoms with van der Waals surface area (Å²) in [6.07, 6.45) is 9.27. The smallest absolute Gasteiger partial charge is 0.222 e. The molecule has 1 saturated carbocycles. The van der Waals surface area contributed by atoms with Gasteiger partial charge < -0.3 is 21.1 Å². The number of aromatic nitrogens is 1. The molecule has 0 spiro atoms. The highest BCUT2D eigenvalue weighted by atomic mass is 79.9. The lowest BCUT2D eigenvalue weighted by Gasteiger charge is -2.35. The Balaban J connectivity index is 1.85. The monoisotopic (exact) mass is 394 g/mol. The molecule has 0 aromatic carbocycles. The van der Waals surface area contributed by atoms with Crippen molar-refractivity contribution in [1.29, 1.82) is 0 Å². The molecule has 0 bridgehead atoms. The van der Waals surface area contributed by atoms with E-state index < -0.39 is 5.79 Å². The van der Waals surface area contributed by atoms with Crippen LogP contribution in [0.15, 0.2) is 33.2 Å². The van der Waals surface area contributed by atoms with Crippen molar-refractivity contribution < 1.29 is 4.74 Å². The first-order chi connectivity index (χ1) is 11.5. The van der Waals surface area contributed by atoms with Crippen molar-refractivity contribution in [2.24, 2.45) is 16.5 Å². The molecule has 0 saturated heterocycles. The second-order valence-corrected chi connectivity index (χ2v) is 7.09. The zero-order chi connectivity index (χ0) is 17.2. The first kappa shape index (κ1) is 17.0. The van der Waals surface area contributed by atoms with Crippen molar-refractivity contribution >= 4 is 22.1 Å². The molecule has 0 radical (unpaired) electrons. The molecule has 0 amide bonds. The summed E-state index contributed by atoms with van der Waals surface area (Å²) in [5, 5.41) is 6.71. The Morgan fingerprint density at radius 3 is 2.83 bits per heavy atom. The van der Waals surface area contributed by atoms with Gasteiger partial charge in [-0.3, -0.25) is 5.73 Å². The van der Waals surface area contributed by atoms with Crippen molar-refractivity contribution in [3.63, 3.8) is 0 Å². The van der Waals surface area contributed by atoms with Gasteiger partial charge in [0.2, 0.25) is 11.7 Å². The number of rotatable bonds is 4. The minimum atomic E-state index is -1.19. The molecule has 1 atom stereocenters. The molecule has 7 nitrogen and oxygen atoms in total. The van der Waals surface area contributed by atoms with Gasteiger partial charge in [0.15, 0.2) is 0 Å². The average Bonchev–Trinajstić information content (AvgIpc) is 2.59. The number of nitrogens with one attached hydrogen (secondary N) is 2. The second-order valence-electron chi connectivity index (χ2n) is 6.17. The molecular weight excluding hydrogens is 372 g/mol. The minimum absolute atomic E-state index is 0.401. The molecule has 1 fully saturated rings. The lowest BCUT2D eigenvalue weighted by molar-refractivity contribution is 0.320. The second kappa shape index (κ2) is 6.98. The molecule has 1 aromatic heterocycles. The van der Waals surface area contributed by atoms with Gasteiger partial charge in [-0.15, -0.1) is 0 Å². The van der Waals surface area contributed by atoms with Crippen LogP contribution in [0.25, 0.3) is 0 Å². The summed E-state index contributed by atoms with van der Waals surface area (Å²) in [6.45, 7) is 0. The van der Waals surface area contributed by atoms with Gasteiger partial charge in [-0.1, -0.05) is 19.3 Å². The summed E-state index contributed by atoms with van der Waals surface area (Å²) in [7, 11) is 1.56. The standard InChI is InChI=1S/C16H23BrN6O/c1-24-15-12(7-10(17)8-20-15)16(19)21-9-13(18)14(23-16)22-11-5-3-2-4-6-11/h7-9,11,22-23H,2-6,18-19H2,1H3. The van der Waals surface area contributed by atoms with Gasteiger partial charge >= 0.3 is 0 Å². The molecule has 24 heavy (non-hydrogen) atoms. The maximum absolute atomic E-state index is 6.50. The maximum atomic E-state index is 6.50. The van der Waals surface area contributed by atoms with E-state index in [-0.39, 0.29) is 0 Å². The topological polar surface area (TPSA) is 111 Å². The third kappa shape index (κ3) is 3.49. The van der Waals surface area contributed by atoms with Crippen LogP contribution in [-0.4, -0.2) is 24.4 Å². The van der Waals surface area contributed by atoms with E-state index in [0.717, 1.165) is 17.3 Å². The predicted molar refractivity (Wildman–Crippen MR) is 97.2 cm³/mol. The van der Waals surface area contributed by atoms with Crippen molar-refractivity contribution in [3.8, 4) is 5.88 Å². The van der Waals surface area contributed by atoms with Crippen LogP contribution in [0.5, 0.6) is 5.88 Å². The molecule has 1 aliphatic carbocycles. The quantitative estimate of drug-likeness (QED) is 0.617. The Bertz CT molecular complexity index is 671. The first-order valence-electron chi connectivity index (χ1n) is 8.10. The van der Waals surface area contributed by atoms with Gasteiger partial charge in [0.25, 0.3) is 0 Å². The van der Waals surface area contributed by atoms with E-state index >= 15 is 0 Å². The van der Waals surface area contributed by atoms with Gasteiger partial charge in [0, 0.05) is 16.7 Å². The van der Waals surface area contributed by atoms with Crippen LogP contribution < -0.4 is 26.8 Å². The number of hydrogen-bond acceptors (Lipinski definition) is 7. The van der Waals surface area contributed by atoms with Crippen molar-refractivity contribution in [2.45, 2.75) is 43.9 Å². The maximum Gasteiger partial charge on any atom is 0.222 e. The Hall–Kier alpha value is -1.80. The van der Waals surface area contributed by atoms with Crippen LogP contribution in [0, 0.1) is 0 Å². The Morgan fingerprint density at radius 2 is 2.12 bits per heavy atom. The summed E-state index contributed by atoms with van der Waals surface area (Å²) in [5.74, 6) is -0.0635. The molecule has 2 aliphatic rings. The van der Waals surface area contributed by atoms with Gasteiger partial charge in [-0.2, -0.15) is 0 Å². The van der Waals surface area contributed by atoms with Crippen LogP contribution in [0.2, 0.25) is 0 Å². The van der Waals surface area contributed by atoms with Crippen molar-refractivity contribution in [2.75, 3.05) is 7.11 Å². The van der Waals surface area contributed by atoms with E-state index in [1.807, 2.05) is 6.07 Å². The fourth-order valence-electron chi connectivity index (χ4n) is 3.10. The number of allylic oxidation sites excluding steroid dienone is 1. The number of halogens is 1. The highest BCUT2D eigenvalue weighted by molar-refractivity contribution is 9.10. The zero-order valence-electron chi connectivity index (χ0n) is 13.7. The third-order valence-electron chi connectivity index (χ3n) is 4.39. The van der Waals surface area contributed by atoms with Crippen LogP contribution in [0.4, 0.5) is 0 Å². The number of pyridine rings is 1. The Morgan fingerprint density at radius 1 is 1.38 bits per heavy atom. The predicted octanol–water partition coefficient (Wildman–Crippen LogP) is 1.65. The SMILES string of the molecule is COc1ncc(Br)cc1C1(N)N=CC(N)=C(NC2CCCCC2)N1. The van der Waals surface area contributed by atoms with Gasteiger partial charge in [0.05, 0.1) is 24.6 Å². The highest BCUT2D eigenvalue weighted by Crippen LogP contribution is 2.30. The molecule has 1 aromatic rings. The molecule has 2 heterocycles. The summed E-state index contributed by atoms with van der Waals surface area (Å²) in [6, 6.07) is 2.24. The number of aliphatic imine (C=N–C) groups is 1. The third-order valence-corrected chi connectivity index (χ3v) is 4.82. The normalized spacial score (nSPS) is 24.6. The summed E-state index contributed by atoms with van der Waals surface area (Å²) < 4.78 is 6.13. The van der Waals surface area contributed by atoms with Crippen LogP contribution >= 0.6 is 15.9 Å². The lowest BCUT2D eigenvalue weighted by atomic mass is 9.95. The van der Waals surface area contributed by atoms with Crippen LogP contribution in [0.3, 0.4) is 0 Å². The number of nitrogens with zero attached hydrogens (tertiary/aromatic N) is 2. The summed E-state index contributed by atoms with van der Waals surface area (Å²) in [4.78, 5) is 8.63. The van der Waals surface area contributed by atoms with Gasteiger partial charge in [-0.25, -0.2) is 9.98 Å².